The maximum absolute atomic E-state index is 14.0. The fraction of sp³-hybridized carbons (Fsp3) is 0.406. The number of carbonyl (C=O) groups excluding carboxylic acids is 2. The largest absolute Gasteiger partial charge is 0.490 e. The lowest BCUT2D eigenvalue weighted by atomic mass is 9.92. The predicted octanol–water partition coefficient (Wildman–Crippen LogP) is 5.22. The summed E-state index contributed by atoms with van der Waals surface area (Å²) < 4.78 is 28.2. The number of pyridine rings is 1. The van der Waals surface area contributed by atoms with Gasteiger partial charge in [0.2, 0.25) is 5.78 Å². The Morgan fingerprint density at radius 2 is 1.63 bits per heavy atom. The van der Waals surface area contributed by atoms with Crippen molar-refractivity contribution in [3.63, 3.8) is 0 Å². The number of Topliss-reactive ketones (excluding diaryl/α,β-unsaturated/α-hetero) is 1. The van der Waals surface area contributed by atoms with E-state index in [1.807, 2.05) is 6.07 Å². The molecule has 0 radical (unpaired) electrons. The van der Waals surface area contributed by atoms with Crippen LogP contribution in [0, 0.1) is 19.7 Å². The van der Waals surface area contributed by atoms with Crippen molar-refractivity contribution in [2.75, 3.05) is 0 Å². The molecule has 4 rings (SSSR count). The SMILES string of the molecule is CC(=O)C(=O)N[C@H]1CC[C@H](Oc2cc(=O)n(C)cc2-c2cc(C(C)(C)O)ccc2Oc2c(C)cc(F)cc2C)CC1. The highest BCUT2D eigenvalue weighted by molar-refractivity contribution is 6.35. The molecule has 1 aliphatic carbocycles. The number of hydrogen-bond donors (Lipinski definition) is 2. The van der Waals surface area contributed by atoms with Gasteiger partial charge in [0.25, 0.3) is 11.5 Å². The highest BCUT2D eigenvalue weighted by Crippen LogP contribution is 2.42. The number of aromatic nitrogens is 1. The first-order valence-electron chi connectivity index (χ1n) is 13.7. The van der Waals surface area contributed by atoms with Gasteiger partial charge in [-0.05, 0) is 94.3 Å². The molecule has 0 bridgehead atoms. The number of carbonyl (C=O) groups is 2. The van der Waals surface area contributed by atoms with E-state index in [0.29, 0.717) is 70.7 Å². The summed E-state index contributed by atoms with van der Waals surface area (Å²) in [6.45, 7) is 8.15. The van der Waals surface area contributed by atoms with Crippen molar-refractivity contribution < 1.29 is 28.6 Å². The Morgan fingerprint density at radius 1 is 1.00 bits per heavy atom. The van der Waals surface area contributed by atoms with Gasteiger partial charge in [-0.25, -0.2) is 4.39 Å². The number of amides is 1. The molecule has 1 amide bonds. The summed E-state index contributed by atoms with van der Waals surface area (Å²) in [5, 5.41) is 13.5. The first-order chi connectivity index (χ1) is 19.2. The summed E-state index contributed by atoms with van der Waals surface area (Å²) in [6, 6.07) is 9.47. The van der Waals surface area contributed by atoms with Gasteiger partial charge >= 0.3 is 0 Å². The molecule has 41 heavy (non-hydrogen) atoms. The number of halogens is 1. The van der Waals surface area contributed by atoms with Crippen molar-refractivity contribution >= 4 is 11.7 Å². The van der Waals surface area contributed by atoms with E-state index in [1.165, 1.54) is 29.7 Å². The van der Waals surface area contributed by atoms with Crippen molar-refractivity contribution in [1.82, 2.24) is 9.88 Å². The zero-order chi connectivity index (χ0) is 30.1. The third kappa shape index (κ3) is 7.03. The number of hydrogen-bond acceptors (Lipinski definition) is 6. The molecule has 2 aromatic carbocycles. The van der Waals surface area contributed by atoms with Crippen molar-refractivity contribution in [3.05, 3.63) is 75.5 Å². The summed E-state index contributed by atoms with van der Waals surface area (Å²) in [7, 11) is 1.65. The van der Waals surface area contributed by atoms with Crippen LogP contribution < -0.4 is 20.3 Å². The number of rotatable bonds is 8. The summed E-state index contributed by atoms with van der Waals surface area (Å²) in [6.07, 6.45) is 3.98. The molecule has 0 unspecified atom stereocenters. The van der Waals surface area contributed by atoms with Crippen molar-refractivity contribution in [2.45, 2.75) is 78.0 Å². The normalized spacial score (nSPS) is 17.2. The van der Waals surface area contributed by atoms with Gasteiger partial charge in [0.05, 0.1) is 11.7 Å². The second-order valence-corrected chi connectivity index (χ2v) is 11.4. The second kappa shape index (κ2) is 11.9. The Hall–Kier alpha value is -3.98. The topological polar surface area (TPSA) is 107 Å². The van der Waals surface area contributed by atoms with E-state index in [0.717, 1.165) is 0 Å². The van der Waals surface area contributed by atoms with Crippen LogP contribution in [0.5, 0.6) is 17.2 Å². The number of nitrogens with one attached hydrogen (secondary N) is 1. The third-order valence-electron chi connectivity index (χ3n) is 7.43. The van der Waals surface area contributed by atoms with E-state index < -0.39 is 17.3 Å². The van der Waals surface area contributed by atoms with E-state index in [1.54, 1.807) is 53.1 Å². The van der Waals surface area contributed by atoms with Crippen LogP contribution in [0.25, 0.3) is 11.1 Å². The first kappa shape index (κ1) is 30.0. The van der Waals surface area contributed by atoms with Crippen LogP contribution >= 0.6 is 0 Å². The van der Waals surface area contributed by atoms with Gasteiger partial charge < -0.3 is 24.5 Å². The Kier molecular flexibility index (Phi) is 8.68. The molecule has 1 saturated carbocycles. The van der Waals surface area contributed by atoms with Crippen molar-refractivity contribution in [2.24, 2.45) is 7.05 Å². The Bertz CT molecular complexity index is 1510. The molecule has 0 saturated heterocycles. The average molecular weight is 565 g/mol. The van der Waals surface area contributed by atoms with E-state index in [-0.39, 0.29) is 23.5 Å². The molecule has 1 heterocycles. The number of ether oxygens (including phenoxy) is 2. The summed E-state index contributed by atoms with van der Waals surface area (Å²) in [5.41, 5.74) is 1.68. The fourth-order valence-corrected chi connectivity index (χ4v) is 5.08. The van der Waals surface area contributed by atoms with Gasteiger partial charge in [-0.1, -0.05) is 6.07 Å². The van der Waals surface area contributed by atoms with Crippen LogP contribution in [0.15, 0.2) is 47.4 Å². The maximum atomic E-state index is 14.0. The van der Waals surface area contributed by atoms with E-state index >= 15 is 0 Å². The number of aliphatic hydroxyl groups is 1. The minimum absolute atomic E-state index is 0.111. The van der Waals surface area contributed by atoms with E-state index in [9.17, 15) is 23.9 Å². The quantitative estimate of drug-likeness (QED) is 0.363. The molecule has 1 aromatic heterocycles. The molecule has 9 heteroatoms. The van der Waals surface area contributed by atoms with E-state index in [2.05, 4.69) is 5.32 Å². The molecule has 0 aliphatic heterocycles. The Morgan fingerprint density at radius 3 is 2.22 bits per heavy atom. The van der Waals surface area contributed by atoms with Crippen molar-refractivity contribution in [1.29, 1.82) is 0 Å². The molecular weight excluding hydrogens is 527 g/mol. The molecule has 1 fully saturated rings. The fourth-order valence-electron chi connectivity index (χ4n) is 5.08. The summed E-state index contributed by atoms with van der Waals surface area (Å²) in [4.78, 5) is 35.8. The number of benzene rings is 2. The molecular formula is C32H37FN2O6. The lowest BCUT2D eigenvalue weighted by Gasteiger charge is -2.30. The maximum Gasteiger partial charge on any atom is 0.287 e. The van der Waals surface area contributed by atoms with Crippen LogP contribution in [-0.2, 0) is 22.2 Å². The van der Waals surface area contributed by atoms with Crippen LogP contribution in [0.1, 0.15) is 63.1 Å². The van der Waals surface area contributed by atoms with E-state index in [4.69, 9.17) is 9.47 Å². The molecule has 3 aromatic rings. The minimum Gasteiger partial charge on any atom is -0.490 e. The number of ketones is 1. The highest BCUT2D eigenvalue weighted by atomic mass is 19.1. The zero-order valence-corrected chi connectivity index (χ0v) is 24.3. The molecule has 8 nitrogen and oxygen atoms in total. The molecule has 0 atom stereocenters. The van der Waals surface area contributed by atoms with Gasteiger partial charge in [-0.15, -0.1) is 0 Å². The molecule has 2 N–H and O–H groups in total. The highest BCUT2D eigenvalue weighted by Gasteiger charge is 2.27. The first-order valence-corrected chi connectivity index (χ1v) is 13.7. The van der Waals surface area contributed by atoms with Crippen molar-refractivity contribution in [3.8, 4) is 28.4 Å². The summed E-state index contributed by atoms with van der Waals surface area (Å²) >= 11 is 0. The Labute approximate surface area is 239 Å². The lowest BCUT2D eigenvalue weighted by molar-refractivity contribution is -0.137. The monoisotopic (exact) mass is 564 g/mol. The predicted molar refractivity (Wildman–Crippen MR) is 154 cm³/mol. The molecule has 1 aliphatic rings. The Balaban J connectivity index is 1.72. The van der Waals surface area contributed by atoms with Gasteiger partial charge in [0.15, 0.2) is 0 Å². The minimum atomic E-state index is -1.15. The molecule has 218 valence electrons. The standard InChI is InChI=1S/C32H37FN2O6/c1-18-13-22(33)14-19(2)30(18)41-27-12-7-21(32(4,5)39)15-25(27)26-17-35(6)29(37)16-28(26)40-24-10-8-23(9-11-24)34-31(38)20(3)36/h7,12-17,23-24,39H,8-11H2,1-6H3,(H,34,38)/t23-,24-. The lowest BCUT2D eigenvalue weighted by Crippen LogP contribution is -2.42. The van der Waals surface area contributed by atoms with Gasteiger partial charge in [0, 0.05) is 43.4 Å². The van der Waals surface area contributed by atoms with Gasteiger partial charge in [-0.2, -0.15) is 0 Å². The molecule has 0 spiro atoms. The average Bonchev–Trinajstić information content (AvgIpc) is 2.88. The summed E-state index contributed by atoms with van der Waals surface area (Å²) in [5.74, 6) is -0.125. The number of aryl methyl sites for hydroxylation is 3. The van der Waals surface area contributed by atoms with Gasteiger partial charge in [0.1, 0.15) is 23.1 Å². The van der Waals surface area contributed by atoms with Crippen LogP contribution in [0.4, 0.5) is 4.39 Å². The van der Waals surface area contributed by atoms with Crippen LogP contribution in [-0.4, -0.2) is 33.5 Å². The van der Waals surface area contributed by atoms with Crippen LogP contribution in [0.3, 0.4) is 0 Å². The number of nitrogens with zero attached hydrogens (tertiary/aromatic N) is 1. The zero-order valence-electron chi connectivity index (χ0n) is 24.3. The third-order valence-corrected chi connectivity index (χ3v) is 7.43. The second-order valence-electron chi connectivity index (χ2n) is 11.4. The van der Waals surface area contributed by atoms with Crippen LogP contribution in [0.2, 0.25) is 0 Å². The van der Waals surface area contributed by atoms with Gasteiger partial charge in [-0.3, -0.25) is 14.4 Å². The smallest absolute Gasteiger partial charge is 0.287 e.